The lowest BCUT2D eigenvalue weighted by Crippen LogP contribution is -2.27. The molecule has 2 aliphatic rings. The molecule has 33 heavy (non-hydrogen) atoms. The number of rotatable bonds is 5. The maximum Gasteiger partial charge on any atom is 0.163 e. The minimum Gasteiger partial charge on any atom is -0.494 e. The number of Topliss-reactive ketones (excluding diaryl/α,β-unsaturated/α-hetero) is 1. The maximum absolute atomic E-state index is 14.8. The molecule has 0 saturated carbocycles. The summed E-state index contributed by atoms with van der Waals surface area (Å²) in [5.74, 6) is 0.607. The Balaban J connectivity index is 1.52. The first-order valence-corrected chi connectivity index (χ1v) is 11.5. The van der Waals surface area contributed by atoms with E-state index in [4.69, 9.17) is 4.74 Å². The third-order valence-corrected chi connectivity index (χ3v) is 6.35. The van der Waals surface area contributed by atoms with E-state index < -0.39 is 6.04 Å². The molecule has 5 rings (SSSR count). The molecule has 0 bridgehead atoms. The predicted molar refractivity (Wildman–Crippen MR) is 129 cm³/mol. The van der Waals surface area contributed by atoms with Crippen molar-refractivity contribution in [3.8, 4) is 5.75 Å². The number of ketones is 1. The number of anilines is 2. The molecule has 1 heterocycles. The molecule has 4 nitrogen and oxygen atoms in total. The average Bonchev–Trinajstić information content (AvgIpc) is 3.00. The van der Waals surface area contributed by atoms with Crippen molar-refractivity contribution < 1.29 is 13.9 Å². The van der Waals surface area contributed by atoms with Crippen LogP contribution in [0.4, 0.5) is 15.8 Å². The number of benzene rings is 3. The van der Waals surface area contributed by atoms with Gasteiger partial charge in [0.2, 0.25) is 0 Å². The summed E-state index contributed by atoms with van der Waals surface area (Å²) in [7, 11) is 0. The van der Waals surface area contributed by atoms with Gasteiger partial charge in [-0.1, -0.05) is 49.4 Å². The van der Waals surface area contributed by atoms with Crippen LogP contribution in [0.1, 0.15) is 49.3 Å². The molecule has 168 valence electrons. The van der Waals surface area contributed by atoms with E-state index in [1.807, 2.05) is 54.6 Å². The second-order valence-corrected chi connectivity index (χ2v) is 8.61. The number of hydrogen-bond acceptors (Lipinski definition) is 4. The molecule has 2 N–H and O–H groups in total. The third-order valence-electron chi connectivity index (χ3n) is 6.35. The zero-order valence-corrected chi connectivity index (χ0v) is 18.6. The molecular weight excluding hydrogens is 415 g/mol. The largest absolute Gasteiger partial charge is 0.494 e. The van der Waals surface area contributed by atoms with Crippen LogP contribution in [0, 0.1) is 5.82 Å². The van der Waals surface area contributed by atoms with Crippen LogP contribution in [0.15, 0.2) is 84.1 Å². The van der Waals surface area contributed by atoms with E-state index in [1.54, 1.807) is 12.1 Å². The number of hydrogen-bond donors (Lipinski definition) is 2. The Morgan fingerprint density at radius 3 is 2.42 bits per heavy atom. The molecule has 1 aliphatic heterocycles. The minimum atomic E-state index is -0.546. The van der Waals surface area contributed by atoms with E-state index >= 15 is 0 Å². The lowest BCUT2D eigenvalue weighted by atomic mass is 9.78. The lowest BCUT2D eigenvalue weighted by Gasteiger charge is -2.30. The van der Waals surface area contributed by atoms with Crippen LogP contribution in [0.5, 0.6) is 5.75 Å². The van der Waals surface area contributed by atoms with Gasteiger partial charge < -0.3 is 15.4 Å². The van der Waals surface area contributed by atoms with E-state index in [9.17, 15) is 9.18 Å². The van der Waals surface area contributed by atoms with Gasteiger partial charge in [0.05, 0.1) is 24.0 Å². The summed E-state index contributed by atoms with van der Waals surface area (Å²) in [6, 6.07) is 22.0. The molecule has 2 unspecified atom stereocenters. The Hall–Kier alpha value is -3.60. The Kier molecular flexibility index (Phi) is 5.86. The molecule has 0 spiro atoms. The molecule has 0 saturated heterocycles. The quantitative estimate of drug-likeness (QED) is 0.468. The van der Waals surface area contributed by atoms with Crippen LogP contribution >= 0.6 is 0 Å². The first-order valence-electron chi connectivity index (χ1n) is 11.5. The van der Waals surface area contributed by atoms with Crippen molar-refractivity contribution in [3.05, 3.63) is 101 Å². The number of ether oxygens (including phenoxy) is 1. The third kappa shape index (κ3) is 4.23. The van der Waals surface area contributed by atoms with Gasteiger partial charge in [-0.25, -0.2) is 4.39 Å². The molecule has 3 aromatic rings. The van der Waals surface area contributed by atoms with Gasteiger partial charge >= 0.3 is 0 Å². The predicted octanol–water partition coefficient (Wildman–Crippen LogP) is 6.59. The zero-order valence-electron chi connectivity index (χ0n) is 18.6. The van der Waals surface area contributed by atoms with Crippen molar-refractivity contribution >= 4 is 17.2 Å². The minimum absolute atomic E-state index is 0.0358. The first kappa shape index (κ1) is 21.3. The zero-order chi connectivity index (χ0) is 22.8. The van der Waals surface area contributed by atoms with Gasteiger partial charge in [-0.2, -0.15) is 0 Å². The summed E-state index contributed by atoms with van der Waals surface area (Å²) in [5, 5.41) is 6.93. The van der Waals surface area contributed by atoms with Crippen molar-refractivity contribution in [3.63, 3.8) is 0 Å². The molecule has 1 aliphatic carbocycles. The summed E-state index contributed by atoms with van der Waals surface area (Å²) < 4.78 is 20.5. The van der Waals surface area contributed by atoms with Gasteiger partial charge in [0.15, 0.2) is 5.78 Å². The topological polar surface area (TPSA) is 50.4 Å². The van der Waals surface area contributed by atoms with E-state index in [0.717, 1.165) is 34.8 Å². The fourth-order valence-electron chi connectivity index (χ4n) is 4.73. The summed E-state index contributed by atoms with van der Waals surface area (Å²) in [6.07, 6.45) is 2.02. The molecule has 0 amide bonds. The van der Waals surface area contributed by atoms with Crippen LogP contribution in [0.2, 0.25) is 0 Å². The molecule has 0 fully saturated rings. The lowest BCUT2D eigenvalue weighted by molar-refractivity contribution is -0.116. The van der Waals surface area contributed by atoms with Gasteiger partial charge in [-0.15, -0.1) is 0 Å². The highest BCUT2D eigenvalue weighted by Crippen LogP contribution is 2.44. The van der Waals surface area contributed by atoms with Crippen LogP contribution in [0.3, 0.4) is 0 Å². The maximum atomic E-state index is 14.8. The Bertz CT molecular complexity index is 1200. The van der Waals surface area contributed by atoms with Crippen LogP contribution < -0.4 is 15.4 Å². The Labute approximate surface area is 193 Å². The molecule has 5 heteroatoms. The monoisotopic (exact) mass is 442 g/mol. The van der Waals surface area contributed by atoms with Gasteiger partial charge in [0, 0.05) is 23.3 Å². The van der Waals surface area contributed by atoms with Crippen LogP contribution in [-0.4, -0.2) is 12.4 Å². The SMILES string of the molecule is CCCOc1ccc(C2CC(=O)C3=C(C2)Nc2ccccc2NC3c2ccccc2F)cc1. The molecule has 0 radical (unpaired) electrons. The molecular formula is C28H27FN2O2. The second kappa shape index (κ2) is 9.10. The van der Waals surface area contributed by atoms with E-state index in [2.05, 4.69) is 17.6 Å². The molecule has 0 aromatic heterocycles. The number of nitrogens with one attached hydrogen (secondary N) is 2. The van der Waals surface area contributed by atoms with Gasteiger partial charge in [-0.3, -0.25) is 4.79 Å². The highest BCUT2D eigenvalue weighted by atomic mass is 19.1. The van der Waals surface area contributed by atoms with Crippen molar-refractivity contribution in [1.29, 1.82) is 0 Å². The summed E-state index contributed by atoms with van der Waals surface area (Å²) >= 11 is 0. The van der Waals surface area contributed by atoms with Gasteiger partial charge in [0.25, 0.3) is 0 Å². The number of allylic oxidation sites excluding steroid dienone is 1. The van der Waals surface area contributed by atoms with Crippen molar-refractivity contribution in [2.45, 2.75) is 38.1 Å². The van der Waals surface area contributed by atoms with Crippen molar-refractivity contribution in [2.75, 3.05) is 17.2 Å². The van der Waals surface area contributed by atoms with E-state index in [0.29, 0.717) is 30.6 Å². The average molecular weight is 443 g/mol. The first-order chi connectivity index (χ1) is 16.1. The van der Waals surface area contributed by atoms with Gasteiger partial charge in [-0.05, 0) is 54.7 Å². The highest BCUT2D eigenvalue weighted by Gasteiger charge is 2.36. The second-order valence-electron chi connectivity index (χ2n) is 8.61. The van der Waals surface area contributed by atoms with Crippen molar-refractivity contribution in [1.82, 2.24) is 0 Å². The Morgan fingerprint density at radius 1 is 0.939 bits per heavy atom. The number of halogens is 1. The Morgan fingerprint density at radius 2 is 1.67 bits per heavy atom. The summed E-state index contributed by atoms with van der Waals surface area (Å²) in [4.78, 5) is 13.5. The standard InChI is InChI=1S/C28H27FN2O2/c1-2-15-33-20-13-11-18(12-14-20)19-16-25-27(26(32)17-19)28(21-7-3-4-8-22(21)29)31-24-10-6-5-9-23(24)30-25/h3-14,19,28,30-31H,2,15-17H2,1H3. The molecule has 3 aromatic carbocycles. The normalized spacial score (nSPS) is 19.6. The summed E-state index contributed by atoms with van der Waals surface area (Å²) in [5.41, 5.74) is 4.80. The fourth-order valence-corrected chi connectivity index (χ4v) is 4.73. The summed E-state index contributed by atoms with van der Waals surface area (Å²) in [6.45, 7) is 2.76. The van der Waals surface area contributed by atoms with E-state index in [-0.39, 0.29) is 17.5 Å². The number of carbonyl (C=O) groups is 1. The van der Waals surface area contributed by atoms with Gasteiger partial charge in [0.1, 0.15) is 11.6 Å². The number of para-hydroxylation sites is 2. The van der Waals surface area contributed by atoms with E-state index in [1.165, 1.54) is 6.07 Å². The highest BCUT2D eigenvalue weighted by molar-refractivity contribution is 6.01. The fraction of sp³-hybridized carbons (Fsp3) is 0.250. The van der Waals surface area contributed by atoms with Crippen LogP contribution in [0.25, 0.3) is 0 Å². The van der Waals surface area contributed by atoms with Crippen molar-refractivity contribution in [2.24, 2.45) is 0 Å². The molecule has 2 atom stereocenters. The van der Waals surface area contributed by atoms with Crippen LogP contribution in [-0.2, 0) is 4.79 Å². The number of carbonyl (C=O) groups excluding carboxylic acids is 1. The number of fused-ring (bicyclic) bond motifs is 1. The smallest absolute Gasteiger partial charge is 0.163 e.